The van der Waals surface area contributed by atoms with Gasteiger partial charge in [0.05, 0.1) is 28.3 Å². The molecule has 1 N–H and O–H groups in total. The third-order valence-electron chi connectivity index (χ3n) is 7.14. The maximum atomic E-state index is 15.4. The van der Waals surface area contributed by atoms with Crippen LogP contribution in [0, 0.1) is 5.82 Å². The van der Waals surface area contributed by atoms with Crippen LogP contribution in [0.2, 0.25) is 0 Å². The Labute approximate surface area is 214 Å². The molecule has 9 heteroatoms. The number of likely N-dealkylation sites (tertiary alicyclic amines) is 1. The minimum absolute atomic E-state index is 0.0589. The van der Waals surface area contributed by atoms with Gasteiger partial charge in [-0.3, -0.25) is 14.6 Å². The van der Waals surface area contributed by atoms with Crippen LogP contribution in [0.25, 0.3) is 32.9 Å². The number of benzene rings is 2. The molecule has 2 aromatic carbocycles. The van der Waals surface area contributed by atoms with E-state index in [0.717, 1.165) is 30.5 Å². The van der Waals surface area contributed by atoms with Crippen molar-refractivity contribution in [3.05, 3.63) is 67.1 Å². The Morgan fingerprint density at radius 1 is 1.08 bits per heavy atom. The van der Waals surface area contributed by atoms with Crippen molar-refractivity contribution in [1.29, 1.82) is 0 Å². The van der Waals surface area contributed by atoms with E-state index in [2.05, 4.69) is 44.2 Å². The lowest BCUT2D eigenvalue weighted by Gasteiger charge is -2.27. The molecule has 0 spiro atoms. The van der Waals surface area contributed by atoms with E-state index in [1.54, 1.807) is 35.1 Å². The number of nitrogens with one attached hydrogen (secondary N) is 1. The molecule has 0 bridgehead atoms. The van der Waals surface area contributed by atoms with E-state index in [4.69, 9.17) is 4.74 Å². The third kappa shape index (κ3) is 4.35. The van der Waals surface area contributed by atoms with Gasteiger partial charge in [-0.05, 0) is 75.3 Å². The Hall–Kier alpha value is -4.11. The van der Waals surface area contributed by atoms with Crippen LogP contribution in [0.3, 0.4) is 0 Å². The molecule has 2 atom stereocenters. The highest BCUT2D eigenvalue weighted by molar-refractivity contribution is 5.99. The first kappa shape index (κ1) is 23.3. The fourth-order valence-electron chi connectivity index (χ4n) is 5.23. The molecule has 37 heavy (non-hydrogen) atoms. The fourth-order valence-corrected chi connectivity index (χ4v) is 5.23. The second kappa shape index (κ2) is 9.40. The minimum atomic E-state index is -0.382. The van der Waals surface area contributed by atoms with Crippen molar-refractivity contribution in [2.45, 2.75) is 31.9 Å². The Balaban J connectivity index is 1.47. The number of hydrogen-bond donors (Lipinski definition) is 1. The van der Waals surface area contributed by atoms with E-state index in [-0.39, 0.29) is 11.9 Å². The van der Waals surface area contributed by atoms with E-state index < -0.39 is 0 Å². The topological polar surface area (TPSA) is 81.0 Å². The van der Waals surface area contributed by atoms with Gasteiger partial charge in [0.25, 0.3) is 0 Å². The highest BCUT2D eigenvalue weighted by atomic mass is 19.1. The number of ether oxygens (including phenoxy) is 1. The zero-order chi connectivity index (χ0) is 25.5. The Bertz CT molecular complexity index is 1600. The van der Waals surface area contributed by atoms with Crippen LogP contribution in [0.15, 0.2) is 61.3 Å². The van der Waals surface area contributed by atoms with Crippen molar-refractivity contribution in [3.8, 4) is 16.9 Å². The number of rotatable bonds is 6. The molecule has 0 amide bonds. The van der Waals surface area contributed by atoms with Crippen LogP contribution in [0.5, 0.6) is 5.75 Å². The van der Waals surface area contributed by atoms with Crippen LogP contribution < -0.4 is 10.1 Å². The van der Waals surface area contributed by atoms with Crippen LogP contribution >= 0.6 is 0 Å². The molecule has 6 rings (SSSR count). The zero-order valence-electron chi connectivity index (χ0n) is 21.0. The van der Waals surface area contributed by atoms with Gasteiger partial charge in [-0.1, -0.05) is 0 Å². The number of aryl methyl sites for hydroxylation is 1. The third-order valence-corrected chi connectivity index (χ3v) is 7.14. The summed E-state index contributed by atoms with van der Waals surface area (Å²) in [5, 5.41) is 8.67. The van der Waals surface area contributed by atoms with E-state index in [0.29, 0.717) is 45.1 Å². The largest absolute Gasteiger partial charge is 0.488 e. The number of aromatic nitrogens is 5. The lowest BCUT2D eigenvalue weighted by molar-refractivity contribution is 0.123. The summed E-state index contributed by atoms with van der Waals surface area (Å²) in [5.74, 6) is 0.745. The van der Waals surface area contributed by atoms with Gasteiger partial charge in [-0.15, -0.1) is 0 Å². The van der Waals surface area contributed by atoms with Gasteiger partial charge in [0.1, 0.15) is 24.0 Å². The highest BCUT2D eigenvalue weighted by Gasteiger charge is 2.29. The lowest BCUT2D eigenvalue weighted by Crippen LogP contribution is -2.38. The quantitative estimate of drug-likeness (QED) is 0.340. The number of nitrogens with zero attached hydrogens (tertiary/aromatic N) is 6. The molecule has 0 saturated carbocycles. The van der Waals surface area contributed by atoms with Crippen molar-refractivity contribution >= 4 is 33.3 Å². The van der Waals surface area contributed by atoms with Crippen LogP contribution in [-0.2, 0) is 7.05 Å². The van der Waals surface area contributed by atoms with Crippen LogP contribution in [0.4, 0.5) is 15.9 Å². The normalized spacial score (nSPS) is 16.9. The molecule has 4 heterocycles. The van der Waals surface area contributed by atoms with E-state index >= 15 is 4.39 Å². The van der Waals surface area contributed by atoms with Gasteiger partial charge >= 0.3 is 0 Å². The second-order valence-corrected chi connectivity index (χ2v) is 9.63. The smallest absolute Gasteiger partial charge is 0.156 e. The fraction of sp³-hybridized carbons (Fsp3) is 0.286. The molecule has 8 nitrogen and oxygen atoms in total. The summed E-state index contributed by atoms with van der Waals surface area (Å²) in [6.45, 7) is 3.16. The first-order valence-electron chi connectivity index (χ1n) is 12.4. The summed E-state index contributed by atoms with van der Waals surface area (Å²) in [6.07, 6.45) is 9.08. The summed E-state index contributed by atoms with van der Waals surface area (Å²) in [6, 6.07) is 11.2. The zero-order valence-corrected chi connectivity index (χ0v) is 21.0. The summed E-state index contributed by atoms with van der Waals surface area (Å²) < 4.78 is 23.8. The summed E-state index contributed by atoms with van der Waals surface area (Å²) in [4.78, 5) is 15.6. The van der Waals surface area contributed by atoms with E-state index in [1.807, 2.05) is 31.6 Å². The van der Waals surface area contributed by atoms with Crippen molar-refractivity contribution in [1.82, 2.24) is 29.6 Å². The maximum absolute atomic E-state index is 15.4. The molecular weight excluding hydrogens is 469 g/mol. The highest BCUT2D eigenvalue weighted by Crippen LogP contribution is 2.38. The molecule has 1 aliphatic heterocycles. The lowest BCUT2D eigenvalue weighted by atomic mass is 10.0. The Morgan fingerprint density at radius 2 is 1.97 bits per heavy atom. The molecule has 5 aromatic rings. The molecular formula is C28H28FN7O. The maximum Gasteiger partial charge on any atom is 0.156 e. The standard InChI is InChI=1S/C28H28FN7O/c1-17(24-7-5-11-35(24)2)37-25-13-18(19-14-33-36(3)15-19)12-23-26(25)28(32-16-31-23)34-22-9-8-21-20(27(22)29)6-4-10-30-21/h4,6,8-10,12-17,24H,5,7,11H2,1-3H3,(H,31,32,34)/t17-,24-/m1/s1. The molecule has 0 unspecified atom stereocenters. The summed E-state index contributed by atoms with van der Waals surface area (Å²) >= 11 is 0. The van der Waals surface area contributed by atoms with Crippen molar-refractivity contribution < 1.29 is 9.13 Å². The Kier molecular flexibility index (Phi) is 5.92. The number of anilines is 2. The van der Waals surface area contributed by atoms with Crippen LogP contribution in [-0.4, -0.2) is 55.4 Å². The summed E-state index contributed by atoms with van der Waals surface area (Å²) in [5.41, 5.74) is 3.50. The number of hydrogen-bond acceptors (Lipinski definition) is 7. The number of fused-ring (bicyclic) bond motifs is 2. The van der Waals surface area contributed by atoms with Gasteiger partial charge in [0.15, 0.2) is 5.82 Å². The predicted molar refractivity (Wildman–Crippen MR) is 142 cm³/mol. The Morgan fingerprint density at radius 3 is 2.76 bits per heavy atom. The molecule has 1 fully saturated rings. The van der Waals surface area contributed by atoms with Crippen molar-refractivity contribution in [3.63, 3.8) is 0 Å². The average molecular weight is 498 g/mol. The van der Waals surface area contributed by atoms with Crippen molar-refractivity contribution in [2.24, 2.45) is 7.05 Å². The first-order valence-corrected chi connectivity index (χ1v) is 12.4. The molecule has 3 aromatic heterocycles. The van der Waals surface area contributed by atoms with Gasteiger partial charge < -0.3 is 10.1 Å². The second-order valence-electron chi connectivity index (χ2n) is 9.63. The SMILES string of the molecule is C[C@@H](Oc1cc(-c2cnn(C)c2)cc2ncnc(Nc3ccc4ncccc4c3F)c12)[C@H]1CCCN1C. The van der Waals surface area contributed by atoms with Crippen LogP contribution in [0.1, 0.15) is 19.8 Å². The molecule has 1 saturated heterocycles. The monoisotopic (exact) mass is 497 g/mol. The van der Waals surface area contributed by atoms with E-state index in [1.165, 1.54) is 6.33 Å². The number of likely N-dealkylation sites (N-methyl/N-ethyl adjacent to an activating group) is 1. The first-order chi connectivity index (χ1) is 18.0. The average Bonchev–Trinajstić information content (AvgIpc) is 3.54. The summed E-state index contributed by atoms with van der Waals surface area (Å²) in [7, 11) is 4.02. The minimum Gasteiger partial charge on any atom is -0.488 e. The molecule has 188 valence electrons. The van der Waals surface area contributed by atoms with Crippen molar-refractivity contribution in [2.75, 3.05) is 18.9 Å². The van der Waals surface area contributed by atoms with Gasteiger partial charge in [0.2, 0.25) is 0 Å². The van der Waals surface area contributed by atoms with Gasteiger partial charge in [-0.25, -0.2) is 14.4 Å². The molecule has 0 aliphatic carbocycles. The number of pyridine rings is 1. The molecule has 0 radical (unpaired) electrons. The number of halogens is 1. The van der Waals surface area contributed by atoms with E-state index in [9.17, 15) is 0 Å². The molecule has 1 aliphatic rings. The van der Waals surface area contributed by atoms with Gasteiger partial charge in [-0.2, -0.15) is 5.10 Å². The predicted octanol–water partition coefficient (Wildman–Crippen LogP) is 5.32. The van der Waals surface area contributed by atoms with Gasteiger partial charge in [0, 0.05) is 36.4 Å².